The summed E-state index contributed by atoms with van der Waals surface area (Å²) in [6.45, 7) is 2.76. The average Bonchev–Trinajstić information content (AvgIpc) is 3.21. The summed E-state index contributed by atoms with van der Waals surface area (Å²) in [5.74, 6) is 2.53. The molecule has 0 aliphatic carbocycles. The zero-order chi connectivity index (χ0) is 24.3. The number of thioether (sulfide) groups is 1. The molecule has 0 saturated carbocycles. The highest BCUT2D eigenvalue weighted by atomic mass is 32.2. The molecule has 0 unspecified atom stereocenters. The van der Waals surface area contributed by atoms with Crippen molar-refractivity contribution in [2.45, 2.75) is 30.3 Å². The molecule has 182 valence electrons. The standard InChI is InChI=1S/C24H29N3O5S2/c1-5-33-23-22(17-6-8-18(30-2)9-7-17)25-24(26-23)12-14-27(15-13-24)34(28,29)19-10-11-20(31-3)21(16-19)32-4/h6-11,16H,5,12-15H2,1-4H3. The molecule has 10 heteroatoms. The molecule has 2 aromatic carbocycles. The number of piperidine rings is 1. The average molecular weight is 504 g/mol. The maximum atomic E-state index is 13.3. The van der Waals surface area contributed by atoms with E-state index in [0.717, 1.165) is 27.8 Å². The Bertz CT molecular complexity index is 1200. The van der Waals surface area contributed by atoms with Crippen molar-refractivity contribution in [1.82, 2.24) is 4.31 Å². The summed E-state index contributed by atoms with van der Waals surface area (Å²) in [6, 6.07) is 12.5. The quantitative estimate of drug-likeness (QED) is 0.570. The number of ether oxygens (including phenoxy) is 3. The van der Waals surface area contributed by atoms with E-state index in [1.54, 1.807) is 31.0 Å². The Morgan fingerprint density at radius 2 is 1.62 bits per heavy atom. The van der Waals surface area contributed by atoms with Crippen molar-refractivity contribution in [1.29, 1.82) is 0 Å². The Balaban J connectivity index is 1.56. The number of benzene rings is 2. The maximum absolute atomic E-state index is 13.3. The first-order valence-corrected chi connectivity index (χ1v) is 13.5. The Kier molecular flexibility index (Phi) is 7.20. The zero-order valence-corrected chi connectivity index (χ0v) is 21.4. The number of hydrogen-bond donors (Lipinski definition) is 0. The summed E-state index contributed by atoms with van der Waals surface area (Å²) in [7, 11) is 0.964. The van der Waals surface area contributed by atoms with Gasteiger partial charge in [-0.15, -0.1) is 11.8 Å². The van der Waals surface area contributed by atoms with E-state index in [0.29, 0.717) is 37.4 Å². The lowest BCUT2D eigenvalue weighted by Crippen LogP contribution is -2.44. The number of sulfonamides is 1. The van der Waals surface area contributed by atoms with E-state index in [9.17, 15) is 8.42 Å². The number of hydrogen-bond acceptors (Lipinski definition) is 8. The molecule has 34 heavy (non-hydrogen) atoms. The molecule has 2 aromatic rings. The third kappa shape index (κ3) is 4.67. The fourth-order valence-corrected chi connectivity index (χ4v) is 6.40. The SMILES string of the molecule is CCSC1=NC2(CCN(S(=O)(=O)c3ccc(OC)c(OC)c3)CC2)N=C1c1ccc(OC)cc1. The van der Waals surface area contributed by atoms with Crippen molar-refractivity contribution >= 4 is 32.5 Å². The second kappa shape index (κ2) is 9.97. The molecule has 2 heterocycles. The molecule has 0 aromatic heterocycles. The van der Waals surface area contributed by atoms with Gasteiger partial charge >= 0.3 is 0 Å². The summed E-state index contributed by atoms with van der Waals surface area (Å²) in [5, 5.41) is 0.906. The lowest BCUT2D eigenvalue weighted by atomic mass is 10.00. The molecule has 4 rings (SSSR count). The second-order valence-electron chi connectivity index (χ2n) is 7.94. The molecular formula is C24H29N3O5S2. The smallest absolute Gasteiger partial charge is 0.243 e. The summed E-state index contributed by atoms with van der Waals surface area (Å²) in [5.41, 5.74) is 1.22. The summed E-state index contributed by atoms with van der Waals surface area (Å²) in [6.07, 6.45) is 1.04. The van der Waals surface area contributed by atoms with Crippen molar-refractivity contribution < 1.29 is 22.6 Å². The van der Waals surface area contributed by atoms with Gasteiger partial charge in [0.25, 0.3) is 0 Å². The minimum absolute atomic E-state index is 0.181. The van der Waals surface area contributed by atoms with Crippen LogP contribution in [-0.4, -0.2) is 69.3 Å². The molecule has 0 N–H and O–H groups in total. The third-order valence-corrected chi connectivity index (χ3v) is 8.73. The van der Waals surface area contributed by atoms with Gasteiger partial charge in [-0.1, -0.05) is 6.92 Å². The highest BCUT2D eigenvalue weighted by molar-refractivity contribution is 8.15. The first-order valence-electron chi connectivity index (χ1n) is 11.1. The molecule has 2 aliphatic rings. The predicted octanol–water partition coefficient (Wildman–Crippen LogP) is 3.85. The van der Waals surface area contributed by atoms with Crippen LogP contribution in [0.2, 0.25) is 0 Å². The third-order valence-electron chi connectivity index (χ3n) is 5.99. The van der Waals surface area contributed by atoms with E-state index in [1.807, 2.05) is 24.3 Å². The first-order chi connectivity index (χ1) is 16.4. The van der Waals surface area contributed by atoms with Gasteiger partial charge in [0, 0.05) is 37.6 Å². The highest BCUT2D eigenvalue weighted by Crippen LogP contribution is 2.38. The second-order valence-corrected chi connectivity index (χ2v) is 11.1. The molecule has 0 amide bonds. The van der Waals surface area contributed by atoms with E-state index >= 15 is 0 Å². The largest absolute Gasteiger partial charge is 0.497 e. The normalized spacial score (nSPS) is 17.9. The van der Waals surface area contributed by atoms with Crippen LogP contribution in [0.3, 0.4) is 0 Å². The number of rotatable bonds is 7. The van der Waals surface area contributed by atoms with E-state index in [4.69, 9.17) is 24.2 Å². The van der Waals surface area contributed by atoms with Gasteiger partial charge in [-0.05, 0) is 42.2 Å². The lowest BCUT2D eigenvalue weighted by molar-refractivity contribution is 0.249. The number of methoxy groups -OCH3 is 3. The van der Waals surface area contributed by atoms with Crippen molar-refractivity contribution in [2.75, 3.05) is 40.2 Å². The van der Waals surface area contributed by atoms with Gasteiger partial charge in [0.2, 0.25) is 10.0 Å². The fraction of sp³-hybridized carbons (Fsp3) is 0.417. The van der Waals surface area contributed by atoms with Crippen LogP contribution in [-0.2, 0) is 10.0 Å². The molecule has 1 fully saturated rings. The Labute approximate surface area is 205 Å². The van der Waals surface area contributed by atoms with Crippen LogP contribution in [0.1, 0.15) is 25.3 Å². The molecular weight excluding hydrogens is 474 g/mol. The molecule has 0 radical (unpaired) electrons. The topological polar surface area (TPSA) is 89.8 Å². The Hall–Kier alpha value is -2.56. The lowest BCUT2D eigenvalue weighted by Gasteiger charge is -2.34. The molecule has 1 saturated heterocycles. The maximum Gasteiger partial charge on any atom is 0.243 e. The molecule has 0 atom stereocenters. The van der Waals surface area contributed by atoms with Gasteiger partial charge in [-0.3, -0.25) is 4.99 Å². The van der Waals surface area contributed by atoms with E-state index in [1.165, 1.54) is 24.6 Å². The number of aliphatic imine (C=N–C) groups is 2. The van der Waals surface area contributed by atoms with E-state index in [2.05, 4.69) is 6.92 Å². The van der Waals surface area contributed by atoms with Crippen LogP contribution >= 0.6 is 11.8 Å². The fourth-order valence-electron chi connectivity index (χ4n) is 4.13. The van der Waals surface area contributed by atoms with Crippen LogP contribution < -0.4 is 14.2 Å². The van der Waals surface area contributed by atoms with E-state index < -0.39 is 15.7 Å². The molecule has 1 spiro atoms. The predicted molar refractivity (Wildman–Crippen MR) is 135 cm³/mol. The highest BCUT2D eigenvalue weighted by Gasteiger charge is 2.42. The van der Waals surface area contributed by atoms with Gasteiger partial charge < -0.3 is 14.2 Å². The van der Waals surface area contributed by atoms with Crippen molar-refractivity contribution in [2.24, 2.45) is 9.98 Å². The van der Waals surface area contributed by atoms with Gasteiger partial charge in [0.05, 0.1) is 31.9 Å². The molecule has 0 bridgehead atoms. The van der Waals surface area contributed by atoms with Crippen LogP contribution in [0, 0.1) is 0 Å². The van der Waals surface area contributed by atoms with Crippen LogP contribution in [0.15, 0.2) is 57.3 Å². The summed E-state index contributed by atoms with van der Waals surface area (Å²) < 4.78 is 43.9. The Morgan fingerprint density at radius 1 is 0.941 bits per heavy atom. The van der Waals surface area contributed by atoms with Gasteiger partial charge in [-0.2, -0.15) is 4.31 Å². The molecule has 8 nitrogen and oxygen atoms in total. The summed E-state index contributed by atoms with van der Waals surface area (Å²) in [4.78, 5) is 10.2. The zero-order valence-electron chi connectivity index (χ0n) is 19.8. The first kappa shape index (κ1) is 24.6. The van der Waals surface area contributed by atoms with E-state index in [-0.39, 0.29) is 4.90 Å². The van der Waals surface area contributed by atoms with Gasteiger partial charge in [-0.25, -0.2) is 13.4 Å². The minimum atomic E-state index is -3.68. The number of nitrogens with zero attached hydrogens (tertiary/aromatic N) is 3. The van der Waals surface area contributed by atoms with Crippen molar-refractivity contribution in [3.8, 4) is 17.2 Å². The van der Waals surface area contributed by atoms with Crippen LogP contribution in [0.25, 0.3) is 0 Å². The monoisotopic (exact) mass is 503 g/mol. The molecule has 2 aliphatic heterocycles. The minimum Gasteiger partial charge on any atom is -0.497 e. The van der Waals surface area contributed by atoms with Gasteiger partial charge in [0.1, 0.15) is 10.8 Å². The van der Waals surface area contributed by atoms with Gasteiger partial charge in [0.15, 0.2) is 17.2 Å². The van der Waals surface area contributed by atoms with Crippen LogP contribution in [0.4, 0.5) is 0 Å². The van der Waals surface area contributed by atoms with Crippen LogP contribution in [0.5, 0.6) is 17.2 Å². The Morgan fingerprint density at radius 3 is 2.21 bits per heavy atom. The summed E-state index contributed by atoms with van der Waals surface area (Å²) >= 11 is 1.66. The van der Waals surface area contributed by atoms with Crippen molar-refractivity contribution in [3.63, 3.8) is 0 Å². The van der Waals surface area contributed by atoms with Crippen molar-refractivity contribution in [3.05, 3.63) is 48.0 Å².